The first kappa shape index (κ1) is 27.8. The van der Waals surface area contributed by atoms with Gasteiger partial charge in [-0.25, -0.2) is 0 Å². The standard InChI is InChI=1S/C24H40N4O6/c1-6-11-24(2,25)23(32)27(4)20(17-9-7-8-10-17)22(31)26(3)18(16-19(29)33-5)21(30)28-12-14-34-15-13-28/h6,17-18,20H,1,7-16,25H2,2-5H3/t18-,20-,24+/m0/s1. The Morgan fingerprint density at radius 2 is 1.76 bits per heavy atom. The third kappa shape index (κ3) is 6.56. The molecule has 1 heterocycles. The van der Waals surface area contributed by atoms with E-state index < -0.39 is 23.6 Å². The molecule has 1 aliphatic carbocycles. The zero-order valence-electron chi connectivity index (χ0n) is 21.0. The Bertz CT molecular complexity index is 759. The van der Waals surface area contributed by atoms with Crippen molar-refractivity contribution in [2.75, 3.05) is 47.5 Å². The van der Waals surface area contributed by atoms with Crippen molar-refractivity contribution < 1.29 is 28.7 Å². The Hall–Kier alpha value is -2.46. The molecule has 3 amide bonds. The maximum Gasteiger partial charge on any atom is 0.308 e. The highest BCUT2D eigenvalue weighted by atomic mass is 16.5. The molecule has 34 heavy (non-hydrogen) atoms. The van der Waals surface area contributed by atoms with Gasteiger partial charge < -0.3 is 29.9 Å². The van der Waals surface area contributed by atoms with Crippen LogP contribution in [-0.4, -0.2) is 104 Å². The molecule has 0 aromatic rings. The first-order chi connectivity index (χ1) is 16.0. The molecule has 1 saturated carbocycles. The molecule has 2 N–H and O–H groups in total. The average molecular weight is 481 g/mol. The van der Waals surface area contributed by atoms with Crippen molar-refractivity contribution in [1.82, 2.24) is 14.7 Å². The Labute approximate surface area is 202 Å². The van der Waals surface area contributed by atoms with E-state index in [0.29, 0.717) is 26.3 Å². The normalized spacial score (nSPS) is 20.1. The van der Waals surface area contributed by atoms with Crippen LogP contribution in [0.4, 0.5) is 0 Å². The molecule has 192 valence electrons. The number of likely N-dealkylation sites (N-methyl/N-ethyl adjacent to an activating group) is 2. The van der Waals surface area contributed by atoms with Crippen molar-refractivity contribution in [3.63, 3.8) is 0 Å². The Morgan fingerprint density at radius 1 is 1.18 bits per heavy atom. The molecule has 0 aromatic carbocycles. The van der Waals surface area contributed by atoms with Gasteiger partial charge >= 0.3 is 5.97 Å². The maximum absolute atomic E-state index is 13.9. The van der Waals surface area contributed by atoms with Gasteiger partial charge in [0.15, 0.2) is 0 Å². The minimum Gasteiger partial charge on any atom is -0.469 e. The van der Waals surface area contributed by atoms with Crippen LogP contribution in [0.15, 0.2) is 12.7 Å². The summed E-state index contributed by atoms with van der Waals surface area (Å²) in [6.45, 7) is 6.86. The van der Waals surface area contributed by atoms with E-state index in [1.165, 1.54) is 24.0 Å². The number of amides is 3. The van der Waals surface area contributed by atoms with Gasteiger partial charge in [-0.1, -0.05) is 18.9 Å². The predicted molar refractivity (Wildman–Crippen MR) is 127 cm³/mol. The highest BCUT2D eigenvalue weighted by molar-refractivity contribution is 5.95. The van der Waals surface area contributed by atoms with Crippen molar-refractivity contribution in [3.05, 3.63) is 12.7 Å². The lowest BCUT2D eigenvalue weighted by Crippen LogP contribution is -2.61. The number of nitrogens with zero attached hydrogens (tertiary/aromatic N) is 3. The first-order valence-electron chi connectivity index (χ1n) is 11.9. The molecule has 3 atom stereocenters. The molecular weight excluding hydrogens is 440 g/mol. The molecule has 0 aromatic heterocycles. The quantitative estimate of drug-likeness (QED) is 0.358. The van der Waals surface area contributed by atoms with Crippen LogP contribution in [0, 0.1) is 5.92 Å². The molecule has 10 heteroatoms. The number of rotatable bonds is 10. The Kier molecular flexibility index (Phi) is 10.1. The third-order valence-corrected chi connectivity index (χ3v) is 6.90. The zero-order valence-corrected chi connectivity index (χ0v) is 21.0. The molecule has 0 bridgehead atoms. The van der Waals surface area contributed by atoms with Gasteiger partial charge in [0.2, 0.25) is 17.7 Å². The van der Waals surface area contributed by atoms with Gasteiger partial charge in [-0.15, -0.1) is 6.58 Å². The summed E-state index contributed by atoms with van der Waals surface area (Å²) in [5.74, 6) is -1.73. The second kappa shape index (κ2) is 12.3. The number of esters is 1. The smallest absolute Gasteiger partial charge is 0.308 e. The van der Waals surface area contributed by atoms with Gasteiger partial charge in [-0.3, -0.25) is 19.2 Å². The van der Waals surface area contributed by atoms with Gasteiger partial charge in [0.25, 0.3) is 0 Å². The van der Waals surface area contributed by atoms with Crippen LogP contribution in [-0.2, 0) is 28.7 Å². The van der Waals surface area contributed by atoms with Gasteiger partial charge in [-0.2, -0.15) is 0 Å². The van der Waals surface area contributed by atoms with Crippen LogP contribution in [0.25, 0.3) is 0 Å². The number of carbonyl (C=O) groups excluding carboxylic acids is 4. The minimum atomic E-state index is -1.21. The van der Waals surface area contributed by atoms with Crippen LogP contribution in [0.5, 0.6) is 0 Å². The highest BCUT2D eigenvalue weighted by Crippen LogP contribution is 2.32. The Balaban J connectivity index is 2.35. The molecule has 1 saturated heterocycles. The van der Waals surface area contributed by atoms with E-state index in [4.69, 9.17) is 15.2 Å². The number of nitrogens with two attached hydrogens (primary N) is 1. The summed E-state index contributed by atoms with van der Waals surface area (Å²) in [5.41, 5.74) is 5.05. The number of hydrogen-bond acceptors (Lipinski definition) is 7. The molecule has 0 radical (unpaired) electrons. The minimum absolute atomic E-state index is 0.0549. The number of hydrogen-bond donors (Lipinski definition) is 1. The average Bonchev–Trinajstić information content (AvgIpc) is 3.35. The fourth-order valence-corrected chi connectivity index (χ4v) is 4.86. The van der Waals surface area contributed by atoms with Crippen molar-refractivity contribution in [3.8, 4) is 0 Å². The summed E-state index contributed by atoms with van der Waals surface area (Å²) in [7, 11) is 4.35. The van der Waals surface area contributed by atoms with Crippen LogP contribution in [0.1, 0.15) is 45.4 Å². The van der Waals surface area contributed by atoms with Gasteiger partial charge in [-0.05, 0) is 32.1 Å². The lowest BCUT2D eigenvalue weighted by molar-refractivity contribution is -0.157. The van der Waals surface area contributed by atoms with Crippen molar-refractivity contribution in [2.24, 2.45) is 11.7 Å². The summed E-state index contributed by atoms with van der Waals surface area (Å²) in [6, 6.07) is -1.83. The van der Waals surface area contributed by atoms with Crippen LogP contribution in [0.2, 0.25) is 0 Å². The molecule has 0 unspecified atom stereocenters. The molecule has 10 nitrogen and oxygen atoms in total. The van der Waals surface area contributed by atoms with E-state index in [0.717, 1.165) is 25.7 Å². The van der Waals surface area contributed by atoms with E-state index in [1.54, 1.807) is 24.9 Å². The number of methoxy groups -OCH3 is 1. The number of morpholine rings is 1. The molecular formula is C24H40N4O6. The first-order valence-corrected chi connectivity index (χ1v) is 11.9. The van der Waals surface area contributed by atoms with Gasteiger partial charge in [0.05, 0.1) is 32.3 Å². The Morgan fingerprint density at radius 3 is 2.29 bits per heavy atom. The van der Waals surface area contributed by atoms with Crippen LogP contribution < -0.4 is 5.73 Å². The highest BCUT2D eigenvalue weighted by Gasteiger charge is 2.44. The molecule has 2 fully saturated rings. The van der Waals surface area contributed by atoms with E-state index in [-0.39, 0.29) is 36.5 Å². The molecule has 1 aliphatic heterocycles. The van der Waals surface area contributed by atoms with E-state index in [9.17, 15) is 19.2 Å². The zero-order chi connectivity index (χ0) is 25.5. The van der Waals surface area contributed by atoms with E-state index >= 15 is 0 Å². The van der Waals surface area contributed by atoms with Crippen LogP contribution >= 0.6 is 0 Å². The molecule has 2 rings (SSSR count). The lowest BCUT2D eigenvalue weighted by Gasteiger charge is -2.40. The summed E-state index contributed by atoms with van der Waals surface area (Å²) < 4.78 is 10.1. The fraction of sp³-hybridized carbons (Fsp3) is 0.750. The second-order valence-corrected chi connectivity index (χ2v) is 9.50. The third-order valence-electron chi connectivity index (χ3n) is 6.90. The van der Waals surface area contributed by atoms with E-state index in [1.807, 2.05) is 0 Å². The SMILES string of the molecule is C=CC[C@@](C)(N)C(=O)N(C)[C@H](C(=O)N(C)[C@@H](CC(=O)OC)C(=O)N1CCOCC1)C1CCCC1. The maximum atomic E-state index is 13.9. The van der Waals surface area contributed by atoms with Crippen molar-refractivity contribution in [2.45, 2.75) is 63.1 Å². The summed E-state index contributed by atoms with van der Waals surface area (Å²) >= 11 is 0. The summed E-state index contributed by atoms with van der Waals surface area (Å²) in [5, 5.41) is 0. The molecule has 0 spiro atoms. The number of carbonyl (C=O) groups is 4. The second-order valence-electron chi connectivity index (χ2n) is 9.50. The van der Waals surface area contributed by atoms with Crippen molar-refractivity contribution in [1.29, 1.82) is 0 Å². The summed E-state index contributed by atoms with van der Waals surface area (Å²) in [4.78, 5) is 57.0. The number of ether oxygens (including phenoxy) is 2. The largest absolute Gasteiger partial charge is 0.469 e. The fourth-order valence-electron chi connectivity index (χ4n) is 4.86. The van der Waals surface area contributed by atoms with Gasteiger partial charge in [0.1, 0.15) is 12.1 Å². The van der Waals surface area contributed by atoms with E-state index in [2.05, 4.69) is 6.58 Å². The lowest BCUT2D eigenvalue weighted by atomic mass is 9.91. The molecule has 2 aliphatic rings. The predicted octanol–water partition coefficient (Wildman–Crippen LogP) is 0.546. The topological polar surface area (TPSA) is 122 Å². The van der Waals surface area contributed by atoms with Crippen LogP contribution in [0.3, 0.4) is 0 Å². The van der Waals surface area contributed by atoms with Gasteiger partial charge in [0, 0.05) is 27.2 Å². The van der Waals surface area contributed by atoms with Crippen molar-refractivity contribution >= 4 is 23.7 Å². The monoisotopic (exact) mass is 480 g/mol. The summed E-state index contributed by atoms with van der Waals surface area (Å²) in [6.07, 6.45) is 5.09.